The van der Waals surface area contributed by atoms with Crippen LogP contribution in [0, 0.1) is 11.3 Å². The molecule has 0 saturated carbocycles. The van der Waals surface area contributed by atoms with E-state index in [0.29, 0.717) is 11.1 Å². The molecule has 5 heteroatoms. The van der Waals surface area contributed by atoms with E-state index in [9.17, 15) is 10.1 Å². The number of nitrogens with one attached hydrogen (secondary N) is 1. The van der Waals surface area contributed by atoms with Crippen LogP contribution >= 0.6 is 0 Å². The maximum absolute atomic E-state index is 11.6. The Hall–Kier alpha value is -2.61. The van der Waals surface area contributed by atoms with E-state index in [0.717, 1.165) is 35.2 Å². The highest BCUT2D eigenvalue weighted by atomic mass is 16.5. The highest BCUT2D eigenvalue weighted by Gasteiger charge is 2.23. The number of nitrogens with zero attached hydrogens (tertiary/aromatic N) is 2. The second-order valence-electron chi connectivity index (χ2n) is 4.43. The fourth-order valence-corrected chi connectivity index (χ4v) is 2.50. The number of H-pyrrole nitrogens is 1. The van der Waals surface area contributed by atoms with E-state index in [1.807, 2.05) is 0 Å². The second-order valence-corrected chi connectivity index (χ2v) is 4.43. The lowest BCUT2D eigenvalue weighted by Gasteiger charge is -2.17. The van der Waals surface area contributed by atoms with E-state index >= 15 is 0 Å². The maximum atomic E-state index is 11.6. The Labute approximate surface area is 109 Å². The van der Waals surface area contributed by atoms with E-state index in [1.54, 1.807) is 18.3 Å². The fraction of sp³-hybridized carbons (Fsp3) is 0.214. The average Bonchev–Trinajstić information content (AvgIpc) is 2.93. The zero-order valence-electron chi connectivity index (χ0n) is 10.4. The third-order valence-electron chi connectivity index (χ3n) is 3.39. The van der Waals surface area contributed by atoms with Gasteiger partial charge in [0, 0.05) is 5.56 Å². The van der Waals surface area contributed by atoms with Gasteiger partial charge in [-0.2, -0.15) is 10.4 Å². The summed E-state index contributed by atoms with van der Waals surface area (Å²) in [7, 11) is 1.33. The Kier molecular flexibility index (Phi) is 2.57. The molecule has 94 valence electrons. The van der Waals surface area contributed by atoms with Gasteiger partial charge in [0.1, 0.15) is 0 Å². The predicted molar refractivity (Wildman–Crippen MR) is 67.5 cm³/mol. The van der Waals surface area contributed by atoms with Gasteiger partial charge in [-0.3, -0.25) is 5.10 Å². The maximum Gasteiger partial charge on any atom is 0.337 e. The lowest BCUT2D eigenvalue weighted by atomic mass is 9.86. The van der Waals surface area contributed by atoms with E-state index < -0.39 is 5.97 Å². The van der Waals surface area contributed by atoms with Gasteiger partial charge in [-0.25, -0.2) is 4.79 Å². The smallest absolute Gasteiger partial charge is 0.337 e. The molecule has 2 aromatic rings. The lowest BCUT2D eigenvalue weighted by molar-refractivity contribution is 0.0600. The number of carbonyl (C=O) groups excluding carboxylic acids is 1. The highest BCUT2D eigenvalue weighted by Crippen LogP contribution is 2.35. The summed E-state index contributed by atoms with van der Waals surface area (Å²) in [6.07, 6.45) is 3.43. The molecule has 0 aliphatic heterocycles. The molecule has 5 nitrogen and oxygen atoms in total. The number of rotatable bonds is 1. The zero-order valence-corrected chi connectivity index (χ0v) is 10.4. The summed E-state index contributed by atoms with van der Waals surface area (Å²) in [6, 6.07) is 5.52. The number of benzene rings is 1. The number of fused-ring (bicyclic) bond motifs is 3. The molecule has 0 saturated heterocycles. The van der Waals surface area contributed by atoms with Crippen LogP contribution in [0.4, 0.5) is 0 Å². The van der Waals surface area contributed by atoms with Gasteiger partial charge in [0.2, 0.25) is 0 Å². The van der Waals surface area contributed by atoms with Crippen LogP contribution < -0.4 is 0 Å². The Morgan fingerprint density at radius 1 is 1.42 bits per heavy atom. The standard InChI is InChI=1S/C14H11N3O2/c1-19-14(18)10-4-8-2-3-9-7-16-17-13(9)12(8)11(5-10)6-15/h4-5,7H,2-3H2,1H3,(H,16,17). The van der Waals surface area contributed by atoms with Crippen LogP contribution in [0.15, 0.2) is 18.3 Å². The van der Waals surface area contributed by atoms with Gasteiger partial charge in [0.25, 0.3) is 0 Å². The van der Waals surface area contributed by atoms with Crippen molar-refractivity contribution < 1.29 is 9.53 Å². The van der Waals surface area contributed by atoms with Crippen LogP contribution in [-0.2, 0) is 17.6 Å². The van der Waals surface area contributed by atoms with E-state index in [2.05, 4.69) is 16.3 Å². The van der Waals surface area contributed by atoms with Crippen molar-refractivity contribution in [1.82, 2.24) is 10.2 Å². The first-order chi connectivity index (χ1) is 9.24. The SMILES string of the molecule is COC(=O)c1cc(C#N)c2c(c1)CCc1cn[nH]c1-2. The quantitative estimate of drug-likeness (QED) is 0.786. The number of aromatic amines is 1. The summed E-state index contributed by atoms with van der Waals surface area (Å²) < 4.78 is 4.71. The number of ether oxygens (including phenoxy) is 1. The average molecular weight is 253 g/mol. The van der Waals surface area contributed by atoms with Crippen molar-refractivity contribution in [1.29, 1.82) is 5.26 Å². The molecule has 1 aliphatic rings. The van der Waals surface area contributed by atoms with Gasteiger partial charge in [-0.15, -0.1) is 0 Å². The van der Waals surface area contributed by atoms with Crippen LogP contribution in [0.2, 0.25) is 0 Å². The number of hydrogen-bond acceptors (Lipinski definition) is 4. The summed E-state index contributed by atoms with van der Waals surface area (Å²) in [5.74, 6) is -0.422. The van der Waals surface area contributed by atoms with Crippen molar-refractivity contribution in [3.8, 4) is 17.3 Å². The van der Waals surface area contributed by atoms with Crippen molar-refractivity contribution in [2.24, 2.45) is 0 Å². The van der Waals surface area contributed by atoms with Crippen LogP contribution in [-0.4, -0.2) is 23.3 Å². The van der Waals surface area contributed by atoms with Crippen molar-refractivity contribution >= 4 is 5.97 Å². The number of esters is 1. The molecule has 19 heavy (non-hydrogen) atoms. The predicted octanol–water partition coefficient (Wildman–Crippen LogP) is 1.83. The molecular formula is C14H11N3O2. The summed E-state index contributed by atoms with van der Waals surface area (Å²) in [5, 5.41) is 16.3. The van der Waals surface area contributed by atoms with Gasteiger partial charge in [0.05, 0.1) is 36.2 Å². The minimum Gasteiger partial charge on any atom is -0.465 e. The van der Waals surface area contributed by atoms with Crippen LogP contribution in [0.3, 0.4) is 0 Å². The monoisotopic (exact) mass is 253 g/mol. The topological polar surface area (TPSA) is 78.8 Å². The third-order valence-corrected chi connectivity index (χ3v) is 3.39. The van der Waals surface area contributed by atoms with Crippen LogP contribution in [0.1, 0.15) is 27.0 Å². The molecule has 0 atom stereocenters. The number of carbonyl (C=O) groups is 1. The molecule has 1 aromatic carbocycles. The van der Waals surface area contributed by atoms with Crippen molar-refractivity contribution in [2.45, 2.75) is 12.8 Å². The Morgan fingerprint density at radius 3 is 2.95 bits per heavy atom. The van der Waals surface area contributed by atoms with Gasteiger partial charge in [0.15, 0.2) is 0 Å². The minimum atomic E-state index is -0.422. The molecule has 0 unspecified atom stereocenters. The molecule has 1 heterocycles. The third kappa shape index (κ3) is 1.69. The van der Waals surface area contributed by atoms with Crippen LogP contribution in [0.5, 0.6) is 0 Å². The molecule has 0 amide bonds. The molecular weight excluding hydrogens is 242 g/mol. The number of aromatic nitrogens is 2. The number of hydrogen-bond donors (Lipinski definition) is 1. The Morgan fingerprint density at radius 2 is 2.21 bits per heavy atom. The molecule has 1 aliphatic carbocycles. The van der Waals surface area contributed by atoms with Gasteiger partial charge in [-0.05, 0) is 36.1 Å². The van der Waals surface area contributed by atoms with E-state index in [4.69, 9.17) is 4.74 Å². The van der Waals surface area contributed by atoms with E-state index in [1.165, 1.54) is 7.11 Å². The summed E-state index contributed by atoms with van der Waals surface area (Å²) >= 11 is 0. The zero-order chi connectivity index (χ0) is 13.4. The normalized spacial score (nSPS) is 12.2. The largest absolute Gasteiger partial charge is 0.465 e. The van der Waals surface area contributed by atoms with Crippen molar-refractivity contribution in [2.75, 3.05) is 7.11 Å². The summed E-state index contributed by atoms with van der Waals surface area (Å²) in [6.45, 7) is 0. The van der Waals surface area contributed by atoms with Gasteiger partial charge in [-0.1, -0.05) is 0 Å². The molecule has 0 radical (unpaired) electrons. The second kappa shape index (κ2) is 4.25. The molecule has 0 bridgehead atoms. The summed E-state index contributed by atoms with van der Waals surface area (Å²) in [4.78, 5) is 11.6. The Balaban J connectivity index is 2.25. The van der Waals surface area contributed by atoms with Crippen molar-refractivity contribution in [3.05, 3.63) is 40.6 Å². The molecule has 1 aromatic heterocycles. The molecule has 1 N–H and O–H groups in total. The highest BCUT2D eigenvalue weighted by molar-refractivity contribution is 5.92. The Bertz CT molecular complexity index is 710. The van der Waals surface area contributed by atoms with Crippen molar-refractivity contribution in [3.63, 3.8) is 0 Å². The van der Waals surface area contributed by atoms with Gasteiger partial charge >= 0.3 is 5.97 Å². The molecule has 0 fully saturated rings. The molecule has 3 rings (SSSR count). The van der Waals surface area contributed by atoms with Crippen LogP contribution in [0.25, 0.3) is 11.3 Å². The van der Waals surface area contributed by atoms with E-state index in [-0.39, 0.29) is 0 Å². The first-order valence-corrected chi connectivity index (χ1v) is 5.92. The minimum absolute atomic E-state index is 0.417. The molecule has 0 spiro atoms. The number of aryl methyl sites for hydroxylation is 2. The van der Waals surface area contributed by atoms with Gasteiger partial charge < -0.3 is 4.74 Å². The first-order valence-electron chi connectivity index (χ1n) is 5.92. The summed E-state index contributed by atoms with van der Waals surface area (Å²) in [5.41, 5.74) is 4.72. The number of nitriles is 1. The fourth-order valence-electron chi connectivity index (χ4n) is 2.50. The first kappa shape index (κ1) is 11.5. The lowest BCUT2D eigenvalue weighted by Crippen LogP contribution is -2.09. The number of methoxy groups -OCH3 is 1.